The Bertz CT molecular complexity index is 442. The van der Waals surface area contributed by atoms with E-state index in [4.69, 9.17) is 4.74 Å². The second-order valence-electron chi connectivity index (χ2n) is 8.06. The van der Waals surface area contributed by atoms with Crippen molar-refractivity contribution in [2.24, 2.45) is 0 Å². The lowest BCUT2D eigenvalue weighted by Crippen LogP contribution is -2.47. The topological polar surface area (TPSA) is 101 Å². The van der Waals surface area contributed by atoms with Crippen molar-refractivity contribution in [3.63, 3.8) is 0 Å². The van der Waals surface area contributed by atoms with Crippen LogP contribution < -0.4 is 0 Å². The predicted octanol–water partition coefficient (Wildman–Crippen LogP) is 4.28. The van der Waals surface area contributed by atoms with Crippen LogP contribution in [-0.4, -0.2) is 46.1 Å². The maximum Gasteiger partial charge on any atom is 0.306 e. The molecule has 170 valence electrons. The van der Waals surface area contributed by atoms with E-state index in [0.717, 1.165) is 33.1 Å². The maximum absolute atomic E-state index is 11.9. The van der Waals surface area contributed by atoms with E-state index in [-0.39, 0.29) is 6.42 Å². The molecule has 0 bridgehead atoms. The van der Waals surface area contributed by atoms with E-state index >= 15 is 0 Å². The average Bonchev–Trinajstić information content (AvgIpc) is 2.68. The fraction of sp³-hybridized carbons (Fsp3) is 0.870. The molecule has 0 spiro atoms. The van der Waals surface area contributed by atoms with Crippen LogP contribution in [-0.2, 0) is 19.1 Å². The molecule has 0 saturated heterocycles. The highest BCUT2D eigenvalue weighted by Gasteiger charge is 2.35. The fourth-order valence-corrected chi connectivity index (χ4v) is 3.26. The third kappa shape index (κ3) is 14.4. The molecule has 0 heterocycles. The van der Waals surface area contributed by atoms with Gasteiger partial charge in [-0.3, -0.25) is 14.4 Å². The van der Waals surface area contributed by atoms with Crippen LogP contribution in [0, 0.1) is 0 Å². The second-order valence-corrected chi connectivity index (χ2v) is 8.06. The lowest BCUT2D eigenvalue weighted by atomic mass is 10.0. The highest BCUT2D eigenvalue weighted by Crippen LogP contribution is 2.14. The van der Waals surface area contributed by atoms with Gasteiger partial charge >= 0.3 is 5.97 Å². The van der Waals surface area contributed by atoms with Gasteiger partial charge in [-0.05, 0) is 20.3 Å². The first kappa shape index (κ1) is 27.7. The first-order chi connectivity index (χ1) is 13.8. The van der Waals surface area contributed by atoms with Gasteiger partial charge in [-0.1, -0.05) is 84.0 Å². The van der Waals surface area contributed by atoms with Gasteiger partial charge in [0.15, 0.2) is 29.9 Å². The van der Waals surface area contributed by atoms with Gasteiger partial charge in [-0.2, -0.15) is 0 Å². The monoisotopic (exact) mass is 414 g/mol. The van der Waals surface area contributed by atoms with Crippen LogP contribution in [0.5, 0.6) is 0 Å². The molecule has 0 aliphatic rings. The molecule has 2 N–H and O–H groups in total. The predicted molar refractivity (Wildman–Crippen MR) is 114 cm³/mol. The largest absolute Gasteiger partial charge is 0.456 e. The summed E-state index contributed by atoms with van der Waals surface area (Å²) in [5.41, 5.74) is 0. The van der Waals surface area contributed by atoms with Crippen molar-refractivity contribution < 1.29 is 29.3 Å². The van der Waals surface area contributed by atoms with E-state index in [1.165, 1.54) is 57.8 Å². The summed E-state index contributed by atoms with van der Waals surface area (Å²) < 4.78 is 5.02. The highest BCUT2D eigenvalue weighted by molar-refractivity contribution is 5.86. The summed E-state index contributed by atoms with van der Waals surface area (Å²) in [5.74, 6) is -1.94. The summed E-state index contributed by atoms with van der Waals surface area (Å²) in [6, 6.07) is 0. The third-order valence-electron chi connectivity index (χ3n) is 5.21. The van der Waals surface area contributed by atoms with Crippen molar-refractivity contribution in [2.75, 3.05) is 0 Å². The lowest BCUT2D eigenvalue weighted by molar-refractivity contribution is -0.169. The molecule has 0 aromatic heterocycles. The van der Waals surface area contributed by atoms with Crippen LogP contribution in [0.4, 0.5) is 0 Å². The molecule has 6 nitrogen and oxygen atoms in total. The van der Waals surface area contributed by atoms with E-state index in [9.17, 15) is 24.6 Å². The van der Waals surface area contributed by atoms with Crippen LogP contribution in [0.1, 0.15) is 111 Å². The Kier molecular flexibility index (Phi) is 16.8. The number of aliphatic hydroxyl groups is 2. The molecule has 0 rings (SSSR count). The molecule has 6 heteroatoms. The molecule has 0 amide bonds. The van der Waals surface area contributed by atoms with Gasteiger partial charge < -0.3 is 14.9 Å². The second kappa shape index (κ2) is 17.6. The summed E-state index contributed by atoms with van der Waals surface area (Å²) in [6.07, 6.45) is 10.8. The number of Topliss-reactive ketones (excluding diaryl/α,β-unsaturated/α-hetero) is 2. The number of hydrogen-bond donors (Lipinski definition) is 2. The summed E-state index contributed by atoms with van der Waals surface area (Å²) in [6.45, 7) is 4.47. The molecule has 0 aliphatic carbocycles. The standard InChI is InChI=1S/C23H42O6/c1-4-5-6-7-8-9-10-11-12-13-14-15-16-17-20(26)29-23(21(27)18(2)24)22(28)19(3)25/h21-23,27-28H,4-17H2,1-3H3. The molecule has 0 aromatic carbocycles. The Morgan fingerprint density at radius 2 is 1.00 bits per heavy atom. The lowest BCUT2D eigenvalue weighted by Gasteiger charge is -2.24. The van der Waals surface area contributed by atoms with Gasteiger partial charge in [0.1, 0.15) is 0 Å². The SMILES string of the molecule is CCCCCCCCCCCCCCCC(=O)OC(C(O)C(C)=O)C(O)C(C)=O. The Morgan fingerprint density at radius 3 is 1.34 bits per heavy atom. The maximum atomic E-state index is 11.9. The van der Waals surface area contributed by atoms with Crippen molar-refractivity contribution in [3.05, 3.63) is 0 Å². The number of esters is 1. The van der Waals surface area contributed by atoms with Crippen LogP contribution in [0.25, 0.3) is 0 Å². The normalized spacial score (nSPS) is 14.2. The van der Waals surface area contributed by atoms with E-state index in [2.05, 4.69) is 6.92 Å². The number of ketones is 2. The molecule has 0 saturated carbocycles. The number of unbranched alkanes of at least 4 members (excludes halogenated alkanes) is 12. The summed E-state index contributed by atoms with van der Waals surface area (Å²) in [4.78, 5) is 34.6. The minimum Gasteiger partial charge on any atom is -0.456 e. The number of carbonyl (C=O) groups is 3. The minimum absolute atomic E-state index is 0.142. The van der Waals surface area contributed by atoms with Gasteiger partial charge in [0.25, 0.3) is 0 Å². The van der Waals surface area contributed by atoms with Crippen molar-refractivity contribution in [3.8, 4) is 0 Å². The zero-order valence-corrected chi connectivity index (χ0v) is 18.7. The molecule has 2 unspecified atom stereocenters. The molecule has 29 heavy (non-hydrogen) atoms. The number of hydrogen-bond acceptors (Lipinski definition) is 6. The third-order valence-corrected chi connectivity index (χ3v) is 5.21. The zero-order valence-electron chi connectivity index (χ0n) is 18.7. The average molecular weight is 415 g/mol. The minimum atomic E-state index is -1.70. The highest BCUT2D eigenvalue weighted by atomic mass is 16.6. The summed E-state index contributed by atoms with van der Waals surface area (Å²) in [5, 5.41) is 19.6. The van der Waals surface area contributed by atoms with Crippen molar-refractivity contribution in [2.45, 2.75) is 129 Å². The Balaban J connectivity index is 3.81. The summed E-state index contributed by atoms with van der Waals surface area (Å²) >= 11 is 0. The van der Waals surface area contributed by atoms with Gasteiger partial charge in [0.2, 0.25) is 0 Å². The molecule has 2 atom stereocenters. The Hall–Kier alpha value is -1.27. The first-order valence-corrected chi connectivity index (χ1v) is 11.4. The van der Waals surface area contributed by atoms with Crippen LogP contribution in [0.2, 0.25) is 0 Å². The molecular formula is C23H42O6. The molecule has 0 aliphatic heterocycles. The van der Waals surface area contributed by atoms with Crippen LogP contribution in [0.3, 0.4) is 0 Å². The van der Waals surface area contributed by atoms with E-state index in [1.54, 1.807) is 0 Å². The van der Waals surface area contributed by atoms with Crippen molar-refractivity contribution in [1.29, 1.82) is 0 Å². The van der Waals surface area contributed by atoms with Crippen LogP contribution in [0.15, 0.2) is 0 Å². The van der Waals surface area contributed by atoms with E-state index < -0.39 is 35.8 Å². The molecule has 0 fully saturated rings. The van der Waals surface area contributed by atoms with Crippen molar-refractivity contribution >= 4 is 17.5 Å². The van der Waals surface area contributed by atoms with Gasteiger partial charge in [-0.15, -0.1) is 0 Å². The fourth-order valence-electron chi connectivity index (χ4n) is 3.26. The Morgan fingerprint density at radius 1 is 0.655 bits per heavy atom. The number of aliphatic hydroxyl groups excluding tert-OH is 2. The molecule has 0 radical (unpaired) electrons. The van der Waals surface area contributed by atoms with E-state index in [1.807, 2.05) is 0 Å². The molecule has 0 aromatic rings. The first-order valence-electron chi connectivity index (χ1n) is 11.4. The molecular weight excluding hydrogens is 372 g/mol. The smallest absolute Gasteiger partial charge is 0.306 e. The van der Waals surface area contributed by atoms with Crippen molar-refractivity contribution in [1.82, 2.24) is 0 Å². The Labute approximate surface area is 176 Å². The van der Waals surface area contributed by atoms with Crippen LogP contribution >= 0.6 is 0 Å². The quantitative estimate of drug-likeness (QED) is 0.242. The van der Waals surface area contributed by atoms with Gasteiger partial charge in [0.05, 0.1) is 0 Å². The number of carbonyl (C=O) groups excluding carboxylic acids is 3. The van der Waals surface area contributed by atoms with Gasteiger partial charge in [-0.25, -0.2) is 0 Å². The summed E-state index contributed by atoms with van der Waals surface area (Å²) in [7, 11) is 0. The van der Waals surface area contributed by atoms with E-state index in [0.29, 0.717) is 6.42 Å². The van der Waals surface area contributed by atoms with Gasteiger partial charge in [0, 0.05) is 6.42 Å². The number of ether oxygens (including phenoxy) is 1. The number of rotatable bonds is 19. The zero-order chi connectivity index (χ0) is 22.1.